The Balaban J connectivity index is 5.70. The monoisotopic (exact) mass is 757 g/mol. The highest BCUT2D eigenvalue weighted by Gasteiger charge is 2.42. The minimum absolute atomic E-state index is 0.370. The minimum atomic E-state index is -2.78. The predicted octanol–water partition coefficient (Wildman–Crippen LogP) is 5.05. The Morgan fingerprint density at radius 3 is 0.696 bits per heavy atom. The van der Waals surface area contributed by atoms with Crippen molar-refractivity contribution in [2.45, 2.75) is 87.8 Å². The van der Waals surface area contributed by atoms with Gasteiger partial charge in [-0.15, -0.1) is 9.05 Å². The Hall–Kier alpha value is 0.408. The molecule has 20 heteroatoms. The average Bonchev–Trinajstić information content (AvgIpc) is 3.09. The van der Waals surface area contributed by atoms with E-state index in [2.05, 4.69) is 0 Å². The van der Waals surface area contributed by atoms with Crippen molar-refractivity contribution in [1.29, 1.82) is 0 Å². The van der Waals surface area contributed by atoms with E-state index in [1.807, 2.05) is 0 Å². The smallest absolute Gasteiger partial charge is 0.377 e. The first-order valence-corrected chi connectivity index (χ1v) is 24.2. The SMILES string of the molecule is CO[Si](CCCC(CCC[Si](OC)(OC)OC)O[P+](=O)OC(CCC[Si](OC)(OC)OC)CCC[Si](OC)(OC)OC)(OC)OC. The molecule has 0 saturated carbocycles. The van der Waals surface area contributed by atoms with Gasteiger partial charge in [0.1, 0.15) is 12.2 Å². The van der Waals surface area contributed by atoms with Crippen LogP contribution in [0.3, 0.4) is 0 Å². The van der Waals surface area contributed by atoms with Gasteiger partial charge in [0.05, 0.1) is 0 Å². The molecule has 0 heterocycles. The Bertz CT molecular complexity index is 631. The second-order valence-electron chi connectivity index (χ2n) is 10.4. The van der Waals surface area contributed by atoms with E-state index in [1.165, 1.54) is 0 Å². The fourth-order valence-electron chi connectivity index (χ4n) is 5.18. The number of hydrogen-bond donors (Lipinski definition) is 0. The maximum absolute atomic E-state index is 13.4. The van der Waals surface area contributed by atoms with Crippen molar-refractivity contribution in [3.8, 4) is 0 Å². The molecule has 0 rings (SSSR count). The number of hydrogen-bond acceptors (Lipinski definition) is 15. The van der Waals surface area contributed by atoms with Gasteiger partial charge in [-0.25, -0.2) is 0 Å². The third-order valence-corrected chi connectivity index (χ3v) is 20.5. The van der Waals surface area contributed by atoms with Gasteiger partial charge in [0.15, 0.2) is 0 Å². The average molecular weight is 758 g/mol. The van der Waals surface area contributed by atoms with Crippen LogP contribution in [0.4, 0.5) is 0 Å². The van der Waals surface area contributed by atoms with Gasteiger partial charge in [-0.2, -0.15) is 0 Å². The van der Waals surface area contributed by atoms with Gasteiger partial charge < -0.3 is 53.1 Å². The Kier molecular flexibility index (Phi) is 25.6. The van der Waals surface area contributed by atoms with Crippen LogP contribution in [0.2, 0.25) is 24.2 Å². The van der Waals surface area contributed by atoms with Crippen molar-refractivity contribution in [3.05, 3.63) is 0 Å². The van der Waals surface area contributed by atoms with Crippen molar-refractivity contribution in [2.24, 2.45) is 0 Å². The summed E-state index contributed by atoms with van der Waals surface area (Å²) >= 11 is 0. The first-order valence-electron chi connectivity index (χ1n) is 15.4. The lowest BCUT2D eigenvalue weighted by Gasteiger charge is -2.26. The van der Waals surface area contributed by atoms with Gasteiger partial charge in [0, 0.05) is 114 Å². The summed E-state index contributed by atoms with van der Waals surface area (Å²) in [4.78, 5) is 0. The third-order valence-electron chi connectivity index (χ3n) is 8.24. The van der Waals surface area contributed by atoms with Gasteiger partial charge in [-0.05, 0) is 51.4 Å². The highest BCUT2D eigenvalue weighted by atomic mass is 31.1. The lowest BCUT2D eigenvalue weighted by Crippen LogP contribution is -2.43. The summed E-state index contributed by atoms with van der Waals surface area (Å²) in [6, 6.07) is 2.32. The molecule has 0 bridgehead atoms. The maximum Gasteiger partial charge on any atom is 0.697 e. The highest BCUT2D eigenvalue weighted by Crippen LogP contribution is 2.36. The zero-order chi connectivity index (χ0) is 35.1. The first-order chi connectivity index (χ1) is 22.0. The lowest BCUT2D eigenvalue weighted by molar-refractivity contribution is 0.0979. The number of rotatable bonds is 32. The molecule has 0 aromatic rings. The molecule has 0 radical (unpaired) electrons. The van der Waals surface area contributed by atoms with Gasteiger partial charge in [-0.3, -0.25) is 0 Å². The van der Waals surface area contributed by atoms with Crippen molar-refractivity contribution >= 4 is 43.5 Å². The molecule has 0 amide bonds. The van der Waals surface area contributed by atoms with Crippen LogP contribution in [0.25, 0.3) is 0 Å². The standard InChI is InChI=1S/C26H62O15PSi4/c1-28-43(29-2,30-3)21-13-17-25(18-14-22-44(31-4,32-5)33-6)40-42(27)41-26(19-15-23-45(34-7,35-8)36-9)20-16-24-46(37-10,38-11)39-12/h25-26H,13-24H2,1-12H3/q+1. The topological polar surface area (TPSA) is 146 Å². The zero-order valence-electron chi connectivity index (χ0n) is 30.2. The van der Waals surface area contributed by atoms with Crippen LogP contribution in [-0.2, 0) is 66.7 Å². The van der Waals surface area contributed by atoms with E-state index in [1.54, 1.807) is 85.3 Å². The normalized spacial score (nSPS) is 13.3. The predicted molar refractivity (Wildman–Crippen MR) is 181 cm³/mol. The molecule has 0 spiro atoms. The quantitative estimate of drug-likeness (QED) is 0.0666. The van der Waals surface area contributed by atoms with Gasteiger partial charge in [0.2, 0.25) is 0 Å². The third kappa shape index (κ3) is 16.0. The summed E-state index contributed by atoms with van der Waals surface area (Å²) < 4.78 is 92.4. The molecule has 0 aliphatic carbocycles. The van der Waals surface area contributed by atoms with E-state index in [0.717, 1.165) is 0 Å². The molecule has 0 atom stereocenters. The van der Waals surface area contributed by atoms with E-state index in [0.29, 0.717) is 75.5 Å². The summed E-state index contributed by atoms with van der Waals surface area (Å²) in [5.41, 5.74) is 0. The molecule has 0 N–H and O–H groups in total. The van der Waals surface area contributed by atoms with Crippen LogP contribution in [0, 0.1) is 0 Å². The van der Waals surface area contributed by atoms with Crippen molar-refractivity contribution in [2.75, 3.05) is 85.3 Å². The van der Waals surface area contributed by atoms with Gasteiger partial charge in [0.25, 0.3) is 0 Å². The van der Waals surface area contributed by atoms with Crippen LogP contribution < -0.4 is 0 Å². The summed E-state index contributed by atoms with van der Waals surface area (Å²) in [7, 11) is 5.42. The molecular weight excluding hydrogens is 696 g/mol. The lowest BCUT2D eigenvalue weighted by atomic mass is 10.1. The Morgan fingerprint density at radius 2 is 0.543 bits per heavy atom. The second-order valence-corrected chi connectivity index (χ2v) is 23.7. The Morgan fingerprint density at radius 1 is 0.370 bits per heavy atom. The molecule has 0 aliphatic heterocycles. The first kappa shape index (κ1) is 46.4. The van der Waals surface area contributed by atoms with E-state index in [9.17, 15) is 4.57 Å². The fraction of sp³-hybridized carbons (Fsp3) is 1.00. The van der Waals surface area contributed by atoms with Gasteiger partial charge in [-0.1, -0.05) is 0 Å². The summed E-state index contributed by atoms with van der Waals surface area (Å²) in [5.74, 6) is 0. The summed E-state index contributed by atoms with van der Waals surface area (Å²) in [6.07, 6.45) is 4.33. The van der Waals surface area contributed by atoms with Crippen molar-refractivity contribution < 1.29 is 66.7 Å². The van der Waals surface area contributed by atoms with Crippen LogP contribution in [0.5, 0.6) is 0 Å². The Labute approximate surface area is 282 Å². The highest BCUT2D eigenvalue weighted by molar-refractivity contribution is 7.33. The van der Waals surface area contributed by atoms with E-state index in [4.69, 9.17) is 62.2 Å². The van der Waals surface area contributed by atoms with E-state index < -0.39 is 43.5 Å². The molecule has 0 aromatic heterocycles. The van der Waals surface area contributed by atoms with E-state index >= 15 is 0 Å². The molecule has 0 aliphatic rings. The summed E-state index contributed by atoms with van der Waals surface area (Å²) in [6.45, 7) is 0. The largest absolute Gasteiger partial charge is 0.697 e. The zero-order valence-corrected chi connectivity index (χ0v) is 35.1. The molecule has 0 aromatic carbocycles. The molecular formula is C26H62O15PSi4+. The van der Waals surface area contributed by atoms with Gasteiger partial charge >= 0.3 is 43.5 Å². The molecule has 15 nitrogen and oxygen atoms in total. The van der Waals surface area contributed by atoms with Crippen LogP contribution in [0.15, 0.2) is 0 Å². The van der Waals surface area contributed by atoms with Crippen LogP contribution in [-0.4, -0.2) is 133 Å². The summed E-state index contributed by atoms with van der Waals surface area (Å²) in [5, 5.41) is 0. The fourth-order valence-corrected chi connectivity index (χ4v) is 13.1. The molecule has 0 saturated heterocycles. The van der Waals surface area contributed by atoms with E-state index in [-0.39, 0.29) is 12.2 Å². The molecule has 46 heavy (non-hydrogen) atoms. The molecule has 276 valence electrons. The van der Waals surface area contributed by atoms with Crippen LogP contribution >= 0.6 is 8.25 Å². The van der Waals surface area contributed by atoms with Crippen molar-refractivity contribution in [1.82, 2.24) is 0 Å². The minimum Gasteiger partial charge on any atom is -0.377 e. The molecule has 0 unspecified atom stereocenters. The van der Waals surface area contributed by atoms with Crippen molar-refractivity contribution in [3.63, 3.8) is 0 Å². The second kappa shape index (κ2) is 25.4. The molecule has 0 fully saturated rings. The van der Waals surface area contributed by atoms with Crippen LogP contribution in [0.1, 0.15) is 51.4 Å². The maximum atomic E-state index is 13.4.